The SMILES string of the molecule is C.C#CCCCO.C[C@H]1COc2ccc(Br)cc2N(C)C1=O.C[C@H]1COc2ccc(C#CCCCO)cc2N(C)C1=O. The third-order valence-electron chi connectivity index (χ3n) is 6.26. The molecule has 9 heteroatoms. The van der Waals surface area contributed by atoms with E-state index in [1.807, 2.05) is 50.2 Å². The van der Waals surface area contributed by atoms with Gasteiger partial charge in [-0.3, -0.25) is 9.59 Å². The summed E-state index contributed by atoms with van der Waals surface area (Å²) >= 11 is 3.38. The maximum atomic E-state index is 12.1. The van der Waals surface area contributed by atoms with Gasteiger partial charge in [-0.2, -0.15) is 0 Å². The number of rotatable bonds is 4. The molecule has 2 aromatic rings. The highest BCUT2D eigenvalue weighted by Crippen LogP contribution is 2.34. The number of fused-ring (bicyclic) bond motifs is 2. The summed E-state index contributed by atoms with van der Waals surface area (Å²) in [4.78, 5) is 27.2. The lowest BCUT2D eigenvalue weighted by Crippen LogP contribution is -2.31. The number of nitrogens with zero attached hydrogens (tertiary/aromatic N) is 2. The summed E-state index contributed by atoms with van der Waals surface area (Å²) in [7, 11) is 3.54. The van der Waals surface area contributed by atoms with Crippen molar-refractivity contribution < 1.29 is 29.3 Å². The molecule has 2 atom stereocenters. The highest BCUT2D eigenvalue weighted by Gasteiger charge is 2.27. The number of aliphatic hydroxyl groups is 2. The largest absolute Gasteiger partial charge is 0.491 e. The van der Waals surface area contributed by atoms with E-state index in [-0.39, 0.29) is 44.3 Å². The Kier molecular flexibility index (Phi) is 16.4. The van der Waals surface area contributed by atoms with Crippen LogP contribution in [0.3, 0.4) is 0 Å². The summed E-state index contributed by atoms with van der Waals surface area (Å²) < 4.78 is 12.2. The van der Waals surface area contributed by atoms with Crippen LogP contribution in [0.5, 0.6) is 11.5 Å². The Bertz CT molecular complexity index is 1280. The third-order valence-corrected chi connectivity index (χ3v) is 6.75. The average Bonchev–Trinajstić information content (AvgIpc) is 3.15. The molecule has 2 N–H and O–H groups in total. The van der Waals surface area contributed by atoms with Gasteiger partial charge in [0.1, 0.15) is 11.5 Å². The van der Waals surface area contributed by atoms with E-state index in [1.54, 1.807) is 23.9 Å². The summed E-state index contributed by atoms with van der Waals surface area (Å²) in [6.07, 6.45) is 7.62. The highest BCUT2D eigenvalue weighted by atomic mass is 79.9. The van der Waals surface area contributed by atoms with E-state index in [9.17, 15) is 9.59 Å². The van der Waals surface area contributed by atoms with Crippen LogP contribution in [0.15, 0.2) is 40.9 Å². The van der Waals surface area contributed by atoms with Crippen molar-refractivity contribution in [1.82, 2.24) is 0 Å². The molecule has 228 valence electrons. The van der Waals surface area contributed by atoms with Crippen molar-refractivity contribution in [2.24, 2.45) is 11.8 Å². The van der Waals surface area contributed by atoms with Crippen LogP contribution in [-0.2, 0) is 9.59 Å². The fourth-order valence-electron chi connectivity index (χ4n) is 3.84. The Labute approximate surface area is 259 Å². The molecule has 0 radical (unpaired) electrons. The number of ether oxygens (including phenoxy) is 2. The number of benzene rings is 2. The van der Waals surface area contributed by atoms with Crippen LogP contribution in [0.25, 0.3) is 0 Å². The molecule has 4 rings (SSSR count). The summed E-state index contributed by atoms with van der Waals surface area (Å²) in [5, 5.41) is 16.8. The molecular weight excluding hydrogens is 600 g/mol. The van der Waals surface area contributed by atoms with E-state index in [4.69, 9.17) is 26.1 Å². The molecule has 0 aliphatic carbocycles. The molecule has 2 aliphatic heterocycles. The number of anilines is 2. The van der Waals surface area contributed by atoms with Gasteiger partial charge in [0.25, 0.3) is 0 Å². The monoisotopic (exact) mass is 642 g/mol. The first-order valence-electron chi connectivity index (χ1n) is 13.5. The quantitative estimate of drug-likeness (QED) is 0.348. The number of carbonyl (C=O) groups excluding carboxylic acids is 2. The molecule has 0 aromatic heterocycles. The van der Waals surface area contributed by atoms with Gasteiger partial charge in [-0.15, -0.1) is 12.3 Å². The van der Waals surface area contributed by atoms with Crippen molar-refractivity contribution in [1.29, 1.82) is 0 Å². The number of unbranched alkanes of at least 4 members (excludes halogenated alkanes) is 2. The van der Waals surface area contributed by atoms with Gasteiger partial charge in [-0.1, -0.05) is 49.0 Å². The Morgan fingerprint density at radius 2 is 1.38 bits per heavy atom. The zero-order valence-electron chi connectivity index (χ0n) is 24.2. The standard InChI is InChI=1S/C16H19NO3.C11H12BrNO2.C5H8O.CH4/c1-12-11-20-15-8-7-13(6-4-3-5-9-18)10-14(15)17(2)16(12)19;1-7-6-15-10-4-3-8(12)5-9(10)13(2)11(7)14;1-2-3-4-5-6;/h7-8,10,12,18H,3,5,9,11H2,1-2H3;3-5,7H,6H2,1-2H3;1,6H,3-5H2;1H4/t12-;7-;;/m00../s1. The van der Waals surface area contributed by atoms with E-state index in [1.165, 1.54) is 0 Å². The fourth-order valence-corrected chi connectivity index (χ4v) is 4.19. The molecule has 0 bridgehead atoms. The van der Waals surface area contributed by atoms with E-state index in [2.05, 4.69) is 33.7 Å². The van der Waals surface area contributed by atoms with Crippen LogP contribution >= 0.6 is 15.9 Å². The van der Waals surface area contributed by atoms with Gasteiger partial charge < -0.3 is 29.5 Å². The second kappa shape index (κ2) is 18.8. The minimum Gasteiger partial charge on any atom is -0.491 e. The summed E-state index contributed by atoms with van der Waals surface area (Å²) in [5.74, 6) is 9.83. The zero-order valence-corrected chi connectivity index (χ0v) is 25.7. The van der Waals surface area contributed by atoms with Crippen LogP contribution in [-0.4, -0.2) is 62.6 Å². The van der Waals surface area contributed by atoms with Crippen molar-refractivity contribution in [3.05, 3.63) is 46.4 Å². The lowest BCUT2D eigenvalue weighted by Gasteiger charge is -2.17. The van der Waals surface area contributed by atoms with Gasteiger partial charge in [0.15, 0.2) is 0 Å². The second-order valence-corrected chi connectivity index (χ2v) is 10.6. The van der Waals surface area contributed by atoms with Crippen LogP contribution in [0, 0.1) is 36.0 Å². The van der Waals surface area contributed by atoms with Crippen LogP contribution in [0.4, 0.5) is 11.4 Å². The first kappa shape index (κ1) is 36.5. The maximum Gasteiger partial charge on any atom is 0.233 e. The number of halogens is 1. The van der Waals surface area contributed by atoms with Gasteiger partial charge >= 0.3 is 0 Å². The van der Waals surface area contributed by atoms with Crippen molar-refractivity contribution >= 4 is 39.1 Å². The van der Waals surface area contributed by atoms with Crippen molar-refractivity contribution in [3.8, 4) is 35.7 Å². The van der Waals surface area contributed by atoms with Crippen LogP contribution in [0.1, 0.15) is 52.5 Å². The lowest BCUT2D eigenvalue weighted by atomic mass is 10.1. The van der Waals surface area contributed by atoms with E-state index < -0.39 is 0 Å². The number of hydrogen-bond acceptors (Lipinski definition) is 6. The molecule has 8 nitrogen and oxygen atoms in total. The summed E-state index contributed by atoms with van der Waals surface area (Å²) in [6, 6.07) is 11.3. The minimum atomic E-state index is -0.147. The molecule has 0 fully saturated rings. The smallest absolute Gasteiger partial charge is 0.233 e. The summed E-state index contributed by atoms with van der Waals surface area (Å²) in [5.41, 5.74) is 2.42. The molecule has 0 saturated carbocycles. The molecule has 2 aromatic carbocycles. The lowest BCUT2D eigenvalue weighted by molar-refractivity contribution is -0.122. The van der Waals surface area contributed by atoms with Gasteiger partial charge in [0, 0.05) is 50.2 Å². The number of terminal acetylenes is 1. The molecule has 2 amide bonds. The van der Waals surface area contributed by atoms with Gasteiger partial charge in [0.2, 0.25) is 11.8 Å². The van der Waals surface area contributed by atoms with E-state index >= 15 is 0 Å². The predicted octanol–water partition coefficient (Wildman–Crippen LogP) is 5.27. The van der Waals surface area contributed by atoms with Gasteiger partial charge in [-0.05, 0) is 49.2 Å². The highest BCUT2D eigenvalue weighted by molar-refractivity contribution is 9.10. The fraction of sp³-hybridized carbons (Fsp3) is 0.455. The second-order valence-electron chi connectivity index (χ2n) is 9.67. The predicted molar refractivity (Wildman–Crippen MR) is 172 cm³/mol. The molecule has 0 unspecified atom stereocenters. The summed E-state index contributed by atoms with van der Waals surface area (Å²) in [6.45, 7) is 4.95. The van der Waals surface area contributed by atoms with E-state index in [0.29, 0.717) is 38.2 Å². The molecule has 42 heavy (non-hydrogen) atoms. The molecule has 0 saturated heterocycles. The van der Waals surface area contributed by atoms with Crippen LogP contribution in [0.2, 0.25) is 0 Å². The number of hydrogen-bond donors (Lipinski definition) is 2. The molecular formula is C33H43BrN2O6. The van der Waals surface area contributed by atoms with Gasteiger partial charge in [0.05, 0.1) is 36.4 Å². The average molecular weight is 644 g/mol. The Morgan fingerprint density at radius 3 is 1.88 bits per heavy atom. The molecule has 2 heterocycles. The normalized spacial score (nSPS) is 16.8. The third kappa shape index (κ3) is 10.7. The first-order valence-corrected chi connectivity index (χ1v) is 14.3. The number of aliphatic hydroxyl groups excluding tert-OH is 2. The van der Waals surface area contributed by atoms with Crippen molar-refractivity contribution in [3.63, 3.8) is 0 Å². The maximum absolute atomic E-state index is 12.1. The zero-order chi connectivity index (χ0) is 30.4. The number of amides is 2. The Morgan fingerprint density at radius 1 is 0.881 bits per heavy atom. The first-order chi connectivity index (χ1) is 19.6. The molecule has 2 aliphatic rings. The Hall–Kier alpha value is -3.50. The number of carbonyl (C=O) groups is 2. The van der Waals surface area contributed by atoms with Gasteiger partial charge in [-0.25, -0.2) is 0 Å². The Balaban J connectivity index is 0.000000354. The molecule has 0 spiro atoms. The van der Waals surface area contributed by atoms with Crippen molar-refractivity contribution in [2.75, 3.05) is 50.3 Å². The topological polar surface area (TPSA) is 99.5 Å². The van der Waals surface area contributed by atoms with E-state index in [0.717, 1.165) is 33.6 Å². The van der Waals surface area contributed by atoms with Crippen LogP contribution < -0.4 is 19.3 Å². The minimum absolute atomic E-state index is 0. The van der Waals surface area contributed by atoms with Crippen molar-refractivity contribution in [2.45, 2.75) is 47.0 Å².